The van der Waals surface area contributed by atoms with Crippen LogP contribution in [0.1, 0.15) is 113 Å². The standard InChI is InChI=1S/C31H50O4/c1-25(2)13-15-30(24(33)34-8)16-14-29(7)28(6)12-9-19-26(3,4)22(32)10-11-27(19,5)20(28)17-23-31(29,35-23)21(30)18-25/h19-23,32H,9-18H2,1-8H3/t19-,20+,21+,22-,23+,27-,28+,29-,30-,31+/m0/s1. The molecule has 6 aliphatic rings. The molecule has 1 saturated heterocycles. The van der Waals surface area contributed by atoms with Crippen molar-refractivity contribution in [1.82, 2.24) is 0 Å². The van der Waals surface area contributed by atoms with Crippen LogP contribution in [0.4, 0.5) is 0 Å². The van der Waals surface area contributed by atoms with Gasteiger partial charge in [0.2, 0.25) is 0 Å². The highest BCUT2D eigenvalue weighted by Crippen LogP contribution is 2.83. The van der Waals surface area contributed by atoms with Crippen LogP contribution in [-0.4, -0.2) is 36.0 Å². The Morgan fingerprint density at radius 1 is 0.857 bits per heavy atom. The molecule has 4 heteroatoms. The van der Waals surface area contributed by atoms with Gasteiger partial charge in [0.1, 0.15) is 5.60 Å². The largest absolute Gasteiger partial charge is 0.469 e. The molecule has 0 aromatic rings. The predicted octanol–water partition coefficient (Wildman–Crippen LogP) is 6.53. The fourth-order valence-electron chi connectivity index (χ4n) is 11.9. The number of fused-ring (bicyclic) bond motifs is 5. The lowest BCUT2D eigenvalue weighted by Crippen LogP contribution is -2.71. The molecule has 4 nitrogen and oxygen atoms in total. The molecule has 1 aliphatic heterocycles. The average Bonchev–Trinajstić information content (AvgIpc) is 3.52. The zero-order chi connectivity index (χ0) is 25.4. The molecule has 6 rings (SSSR count). The molecule has 1 N–H and O–H groups in total. The summed E-state index contributed by atoms with van der Waals surface area (Å²) < 4.78 is 12.6. The van der Waals surface area contributed by atoms with Crippen LogP contribution >= 0.6 is 0 Å². The Morgan fingerprint density at radius 2 is 1.54 bits per heavy atom. The number of methoxy groups -OCH3 is 1. The Hall–Kier alpha value is -0.610. The van der Waals surface area contributed by atoms with Crippen molar-refractivity contribution in [2.45, 2.75) is 130 Å². The number of carbonyl (C=O) groups excluding carboxylic acids is 1. The fraction of sp³-hybridized carbons (Fsp3) is 0.968. The summed E-state index contributed by atoms with van der Waals surface area (Å²) in [6.45, 7) is 17.2. The number of hydrogen-bond acceptors (Lipinski definition) is 4. The normalized spacial score (nSPS) is 57.5. The molecule has 198 valence electrons. The summed E-state index contributed by atoms with van der Waals surface area (Å²) in [6, 6.07) is 0. The maximum Gasteiger partial charge on any atom is 0.312 e. The van der Waals surface area contributed by atoms with Crippen molar-refractivity contribution in [2.24, 2.45) is 50.2 Å². The first kappa shape index (κ1) is 24.7. The summed E-state index contributed by atoms with van der Waals surface area (Å²) in [5, 5.41) is 11.0. The fourth-order valence-corrected chi connectivity index (χ4v) is 11.9. The molecule has 0 aromatic carbocycles. The SMILES string of the molecule is COC(=O)[C@]12CCC(C)(C)C[C@H]1[C@@]13O[C@@H]1C[C@@H]1[C@@]4(C)CC[C@H](O)C(C)(C)[C@@H]4CC[C@@]1(C)[C@]3(C)CC2. The first-order chi connectivity index (χ1) is 16.1. The monoisotopic (exact) mass is 486 g/mol. The van der Waals surface area contributed by atoms with Crippen molar-refractivity contribution in [3.63, 3.8) is 0 Å². The summed E-state index contributed by atoms with van der Waals surface area (Å²) in [7, 11) is 1.59. The van der Waals surface area contributed by atoms with Gasteiger partial charge in [-0.15, -0.1) is 0 Å². The Labute approximate surface area is 213 Å². The van der Waals surface area contributed by atoms with E-state index in [4.69, 9.17) is 9.47 Å². The summed E-state index contributed by atoms with van der Waals surface area (Å²) in [5.74, 6) is 1.43. The Morgan fingerprint density at radius 3 is 2.23 bits per heavy atom. The van der Waals surface area contributed by atoms with E-state index in [0.717, 1.165) is 51.4 Å². The lowest BCUT2D eigenvalue weighted by molar-refractivity contribution is -0.245. The van der Waals surface area contributed by atoms with E-state index < -0.39 is 0 Å². The van der Waals surface area contributed by atoms with E-state index in [1.807, 2.05) is 0 Å². The van der Waals surface area contributed by atoms with Gasteiger partial charge in [-0.3, -0.25) is 4.79 Å². The average molecular weight is 487 g/mol. The molecular formula is C31H50O4. The van der Waals surface area contributed by atoms with Gasteiger partial charge < -0.3 is 14.6 Å². The molecule has 1 spiro atoms. The number of aliphatic hydroxyl groups excluding tert-OH is 1. The number of rotatable bonds is 1. The van der Waals surface area contributed by atoms with Gasteiger partial charge in [0.05, 0.1) is 24.7 Å². The lowest BCUT2D eigenvalue weighted by atomic mass is 9.31. The highest BCUT2D eigenvalue weighted by Gasteiger charge is 2.85. The smallest absolute Gasteiger partial charge is 0.312 e. The third kappa shape index (κ3) is 2.65. The second-order valence-electron chi connectivity index (χ2n) is 16.0. The predicted molar refractivity (Wildman–Crippen MR) is 137 cm³/mol. The molecule has 0 bridgehead atoms. The number of ether oxygens (including phenoxy) is 2. The minimum absolute atomic E-state index is 0.0228. The maximum atomic E-state index is 13.5. The molecule has 35 heavy (non-hydrogen) atoms. The van der Waals surface area contributed by atoms with Crippen LogP contribution in [0.15, 0.2) is 0 Å². The molecule has 0 amide bonds. The van der Waals surface area contributed by atoms with E-state index in [1.54, 1.807) is 7.11 Å². The van der Waals surface area contributed by atoms with E-state index >= 15 is 0 Å². The molecule has 10 atom stereocenters. The van der Waals surface area contributed by atoms with E-state index in [2.05, 4.69) is 48.5 Å². The second-order valence-corrected chi connectivity index (χ2v) is 16.0. The van der Waals surface area contributed by atoms with Gasteiger partial charge in [-0.05, 0) is 97.7 Å². The van der Waals surface area contributed by atoms with Crippen molar-refractivity contribution >= 4 is 5.97 Å². The number of aliphatic hydroxyl groups is 1. The Kier molecular flexibility index (Phi) is 4.85. The number of epoxide rings is 1. The van der Waals surface area contributed by atoms with Crippen LogP contribution in [0.2, 0.25) is 0 Å². The molecule has 0 aromatic heterocycles. The third-order valence-corrected chi connectivity index (χ3v) is 14.2. The summed E-state index contributed by atoms with van der Waals surface area (Å²) >= 11 is 0. The van der Waals surface area contributed by atoms with Gasteiger partial charge in [0.25, 0.3) is 0 Å². The van der Waals surface area contributed by atoms with Gasteiger partial charge in [-0.1, -0.05) is 48.5 Å². The Balaban J connectivity index is 1.44. The topological polar surface area (TPSA) is 59.1 Å². The number of hydrogen-bond donors (Lipinski definition) is 1. The lowest BCUT2D eigenvalue weighted by Gasteiger charge is -2.72. The molecule has 6 fully saturated rings. The van der Waals surface area contributed by atoms with Gasteiger partial charge in [0.15, 0.2) is 0 Å². The van der Waals surface area contributed by atoms with Crippen LogP contribution in [0.5, 0.6) is 0 Å². The van der Waals surface area contributed by atoms with E-state index in [9.17, 15) is 9.90 Å². The van der Waals surface area contributed by atoms with E-state index in [1.165, 1.54) is 12.8 Å². The zero-order valence-corrected chi connectivity index (χ0v) is 23.6. The third-order valence-electron chi connectivity index (χ3n) is 14.2. The van der Waals surface area contributed by atoms with E-state index in [0.29, 0.717) is 11.8 Å². The van der Waals surface area contributed by atoms with Gasteiger partial charge >= 0.3 is 5.97 Å². The Bertz CT molecular complexity index is 940. The molecular weight excluding hydrogens is 436 g/mol. The van der Waals surface area contributed by atoms with E-state index in [-0.39, 0.29) is 62.2 Å². The summed E-state index contributed by atoms with van der Waals surface area (Å²) in [4.78, 5) is 13.5. The molecule has 1 heterocycles. The molecule has 0 radical (unpaired) electrons. The van der Waals surface area contributed by atoms with Crippen molar-refractivity contribution in [3.8, 4) is 0 Å². The number of esters is 1. The van der Waals surface area contributed by atoms with Crippen molar-refractivity contribution < 1.29 is 19.4 Å². The van der Waals surface area contributed by atoms with Gasteiger partial charge in [-0.2, -0.15) is 0 Å². The highest BCUT2D eigenvalue weighted by atomic mass is 16.6. The first-order valence-electron chi connectivity index (χ1n) is 14.6. The summed E-state index contributed by atoms with van der Waals surface area (Å²) in [6.07, 6.45) is 10.8. The highest BCUT2D eigenvalue weighted by molar-refractivity contribution is 5.78. The molecule has 5 aliphatic carbocycles. The van der Waals surface area contributed by atoms with Crippen LogP contribution < -0.4 is 0 Å². The van der Waals surface area contributed by atoms with Gasteiger partial charge in [-0.25, -0.2) is 0 Å². The minimum atomic E-state index is -0.375. The molecule has 5 saturated carbocycles. The number of carbonyl (C=O) groups is 1. The van der Waals surface area contributed by atoms with Gasteiger partial charge in [0, 0.05) is 11.3 Å². The summed E-state index contributed by atoms with van der Waals surface area (Å²) in [5.41, 5.74) is 0.129. The zero-order valence-electron chi connectivity index (χ0n) is 23.6. The quantitative estimate of drug-likeness (QED) is 0.338. The first-order valence-corrected chi connectivity index (χ1v) is 14.6. The second kappa shape index (κ2) is 6.87. The minimum Gasteiger partial charge on any atom is -0.469 e. The van der Waals surface area contributed by atoms with Crippen LogP contribution in [0.25, 0.3) is 0 Å². The van der Waals surface area contributed by atoms with Crippen LogP contribution in [0, 0.1) is 50.2 Å². The van der Waals surface area contributed by atoms with Crippen molar-refractivity contribution in [1.29, 1.82) is 0 Å². The van der Waals surface area contributed by atoms with Crippen molar-refractivity contribution in [3.05, 3.63) is 0 Å². The van der Waals surface area contributed by atoms with Crippen molar-refractivity contribution in [2.75, 3.05) is 7.11 Å². The molecule has 0 unspecified atom stereocenters. The van der Waals surface area contributed by atoms with Crippen LogP contribution in [-0.2, 0) is 14.3 Å². The maximum absolute atomic E-state index is 13.5. The van der Waals surface area contributed by atoms with Crippen LogP contribution in [0.3, 0.4) is 0 Å².